The van der Waals surface area contributed by atoms with Crippen LogP contribution in [0.15, 0.2) is 52.6 Å². The zero-order valence-corrected chi connectivity index (χ0v) is 22.1. The number of benzene rings is 2. The molecule has 0 fully saturated rings. The number of hydrogen-bond acceptors (Lipinski definition) is 6. The van der Waals surface area contributed by atoms with Gasteiger partial charge in [-0.3, -0.25) is 10.1 Å². The van der Waals surface area contributed by atoms with Gasteiger partial charge in [0.2, 0.25) is 11.9 Å². The van der Waals surface area contributed by atoms with Crippen molar-refractivity contribution < 1.29 is 28.2 Å². The zero-order chi connectivity index (χ0) is 28.7. The highest BCUT2D eigenvalue weighted by Gasteiger charge is 2.37. The van der Waals surface area contributed by atoms with Gasteiger partial charge in [0, 0.05) is 30.2 Å². The number of halogens is 3. The summed E-state index contributed by atoms with van der Waals surface area (Å²) in [6.07, 6.45) is 0.540. The van der Waals surface area contributed by atoms with Crippen molar-refractivity contribution in [1.82, 2.24) is 20.1 Å². The number of alkyl halides is 2. The minimum atomic E-state index is -3.02. The molecule has 0 aromatic heterocycles. The summed E-state index contributed by atoms with van der Waals surface area (Å²) >= 11 is 6.21. The summed E-state index contributed by atoms with van der Waals surface area (Å²) in [6, 6.07) is 10.2. The molecule has 39 heavy (non-hydrogen) atoms. The SMILES string of the molecule is CCN(C(=O)CN(C)C(=O)O)[C@H]1CN(C(=Nc2cccc(OC(F)F)c2)NC#N)N=C1c1ccc(Cl)c(C)c1. The topological polar surface area (TPSA) is 134 Å². The van der Waals surface area contributed by atoms with Crippen LogP contribution < -0.4 is 10.1 Å². The number of likely N-dealkylation sites (N-methyl/N-ethyl adjacent to an activating group) is 2. The molecule has 0 aliphatic carbocycles. The molecular weight excluding hydrogens is 536 g/mol. The van der Waals surface area contributed by atoms with Gasteiger partial charge in [-0.2, -0.15) is 19.1 Å². The Hall–Kier alpha value is -4.44. The van der Waals surface area contributed by atoms with Gasteiger partial charge < -0.3 is 19.6 Å². The standard InChI is InChI=1S/C25H26ClF2N7O4/c1-4-34(21(36)13-33(3)25(37)38)20-12-35(32-22(20)16-8-9-19(26)15(2)10-16)24(30-14-29)31-17-6-5-7-18(11-17)39-23(27)28/h5-11,20,23H,4,12-13H2,1-3H3,(H,30,31)(H,37,38)/t20-/m0/s1. The average molecular weight is 562 g/mol. The predicted octanol–water partition coefficient (Wildman–Crippen LogP) is 3.85. The predicted molar refractivity (Wildman–Crippen MR) is 140 cm³/mol. The molecule has 2 amide bonds. The highest BCUT2D eigenvalue weighted by atomic mass is 35.5. The smallest absolute Gasteiger partial charge is 0.407 e. The molecule has 0 unspecified atom stereocenters. The Morgan fingerprint density at radius 2 is 2.10 bits per heavy atom. The van der Waals surface area contributed by atoms with Crippen LogP contribution in [0.1, 0.15) is 18.1 Å². The molecule has 0 spiro atoms. The fraction of sp³-hybridized carbons (Fsp3) is 0.320. The lowest BCUT2D eigenvalue weighted by molar-refractivity contribution is -0.132. The van der Waals surface area contributed by atoms with Crippen LogP contribution in [-0.2, 0) is 4.79 Å². The summed E-state index contributed by atoms with van der Waals surface area (Å²) in [5.41, 5.74) is 2.10. The fourth-order valence-corrected chi connectivity index (χ4v) is 4.02. The molecular formula is C25H26ClF2N7O4. The monoisotopic (exact) mass is 561 g/mol. The van der Waals surface area contributed by atoms with E-state index >= 15 is 0 Å². The molecule has 206 valence electrons. The summed E-state index contributed by atoms with van der Waals surface area (Å²) in [4.78, 5) is 31.2. The van der Waals surface area contributed by atoms with E-state index in [-0.39, 0.29) is 37.0 Å². The second kappa shape index (κ2) is 12.9. The second-order valence-electron chi connectivity index (χ2n) is 8.41. The number of carbonyl (C=O) groups is 2. The normalized spacial score (nSPS) is 15.0. The van der Waals surface area contributed by atoms with Gasteiger partial charge in [-0.1, -0.05) is 23.7 Å². The number of carboxylic acid groups (broad SMARTS) is 1. The Labute approximate surface area is 228 Å². The summed E-state index contributed by atoms with van der Waals surface area (Å²) in [5, 5.41) is 27.6. The number of ether oxygens (including phenoxy) is 1. The molecule has 0 bridgehead atoms. The van der Waals surface area contributed by atoms with Gasteiger partial charge in [0.05, 0.1) is 24.0 Å². The maximum absolute atomic E-state index is 13.1. The number of aliphatic imine (C=N–C) groups is 1. The maximum Gasteiger partial charge on any atom is 0.407 e. The van der Waals surface area contributed by atoms with Crippen molar-refractivity contribution in [2.45, 2.75) is 26.5 Å². The first-order valence-corrected chi connectivity index (χ1v) is 12.1. The van der Waals surface area contributed by atoms with Crippen molar-refractivity contribution in [2.24, 2.45) is 10.1 Å². The average Bonchev–Trinajstić information content (AvgIpc) is 3.30. The number of nitrogens with zero attached hydrogens (tertiary/aromatic N) is 6. The number of nitriles is 1. The van der Waals surface area contributed by atoms with Crippen LogP contribution in [-0.4, -0.2) is 82.9 Å². The molecule has 1 heterocycles. The first kappa shape index (κ1) is 29.1. The first-order chi connectivity index (χ1) is 18.5. The van der Waals surface area contributed by atoms with Crippen molar-refractivity contribution in [3.8, 4) is 11.9 Å². The molecule has 2 aromatic carbocycles. The van der Waals surface area contributed by atoms with Gasteiger partial charge in [0.1, 0.15) is 12.3 Å². The maximum atomic E-state index is 13.1. The van der Waals surface area contributed by atoms with Crippen LogP contribution in [0.4, 0.5) is 19.3 Å². The Kier molecular flexibility index (Phi) is 9.62. The molecule has 2 aromatic rings. The largest absolute Gasteiger partial charge is 0.465 e. The van der Waals surface area contributed by atoms with Crippen molar-refractivity contribution in [2.75, 3.05) is 26.7 Å². The van der Waals surface area contributed by atoms with Crippen LogP contribution in [0.25, 0.3) is 0 Å². The lowest BCUT2D eigenvalue weighted by Gasteiger charge is -2.30. The van der Waals surface area contributed by atoms with Gasteiger partial charge in [-0.25, -0.2) is 14.8 Å². The van der Waals surface area contributed by atoms with E-state index in [0.29, 0.717) is 16.3 Å². The van der Waals surface area contributed by atoms with E-state index in [4.69, 9.17) is 11.6 Å². The van der Waals surface area contributed by atoms with E-state index in [0.717, 1.165) is 10.5 Å². The third-order valence-electron chi connectivity index (χ3n) is 5.77. The number of carbonyl (C=O) groups excluding carboxylic acids is 1. The number of aryl methyl sites for hydroxylation is 1. The van der Waals surface area contributed by atoms with Crippen LogP contribution in [0.3, 0.4) is 0 Å². The third kappa shape index (κ3) is 7.32. The summed E-state index contributed by atoms with van der Waals surface area (Å²) < 4.78 is 29.8. The van der Waals surface area contributed by atoms with Crippen LogP contribution in [0.2, 0.25) is 5.02 Å². The number of amides is 2. The number of hydrogen-bond donors (Lipinski definition) is 2. The lowest BCUT2D eigenvalue weighted by atomic mass is 10.0. The summed E-state index contributed by atoms with van der Waals surface area (Å²) in [6.45, 7) is 0.477. The molecule has 3 rings (SSSR count). The van der Waals surface area contributed by atoms with Gasteiger partial charge in [-0.05, 0) is 43.7 Å². The van der Waals surface area contributed by atoms with Crippen LogP contribution in [0, 0.1) is 18.4 Å². The number of rotatable bonds is 8. The van der Waals surface area contributed by atoms with E-state index in [1.54, 1.807) is 31.3 Å². The van der Waals surface area contributed by atoms with Gasteiger partial charge in [0.25, 0.3) is 0 Å². The fourth-order valence-electron chi connectivity index (χ4n) is 3.91. The molecule has 14 heteroatoms. The van der Waals surface area contributed by atoms with Crippen molar-refractivity contribution >= 4 is 41.0 Å². The van der Waals surface area contributed by atoms with Gasteiger partial charge in [-0.15, -0.1) is 0 Å². The zero-order valence-electron chi connectivity index (χ0n) is 21.3. The molecule has 2 N–H and O–H groups in total. The molecule has 1 aliphatic rings. The second-order valence-corrected chi connectivity index (χ2v) is 8.82. The molecule has 1 aliphatic heterocycles. The molecule has 1 atom stereocenters. The highest BCUT2D eigenvalue weighted by molar-refractivity contribution is 6.31. The number of nitrogens with one attached hydrogen (secondary N) is 1. The van der Waals surface area contributed by atoms with Crippen LogP contribution >= 0.6 is 11.6 Å². The Morgan fingerprint density at radius 3 is 2.72 bits per heavy atom. The Balaban J connectivity index is 2.04. The van der Waals surface area contributed by atoms with E-state index in [2.05, 4.69) is 20.1 Å². The molecule has 11 nitrogen and oxygen atoms in total. The summed E-state index contributed by atoms with van der Waals surface area (Å²) in [5.74, 6) is -0.590. The minimum Gasteiger partial charge on any atom is -0.465 e. The number of hydrazone groups is 1. The third-order valence-corrected chi connectivity index (χ3v) is 6.19. The number of guanidine groups is 1. The van der Waals surface area contributed by atoms with E-state index in [1.165, 1.54) is 41.2 Å². The Morgan fingerprint density at radius 1 is 1.36 bits per heavy atom. The van der Waals surface area contributed by atoms with Crippen molar-refractivity contribution in [3.05, 3.63) is 58.6 Å². The van der Waals surface area contributed by atoms with Crippen molar-refractivity contribution in [3.63, 3.8) is 0 Å². The molecule has 0 saturated heterocycles. The van der Waals surface area contributed by atoms with E-state index in [9.17, 15) is 28.7 Å². The molecule has 0 radical (unpaired) electrons. The van der Waals surface area contributed by atoms with E-state index < -0.39 is 24.7 Å². The van der Waals surface area contributed by atoms with E-state index in [1.807, 2.05) is 6.92 Å². The quantitative estimate of drug-likeness (QED) is 0.216. The lowest BCUT2D eigenvalue weighted by Crippen LogP contribution is -2.51. The minimum absolute atomic E-state index is 0.0245. The molecule has 0 saturated carbocycles. The Bertz CT molecular complexity index is 1330. The highest BCUT2D eigenvalue weighted by Crippen LogP contribution is 2.26. The van der Waals surface area contributed by atoms with Gasteiger partial charge in [0.15, 0.2) is 6.19 Å². The first-order valence-electron chi connectivity index (χ1n) is 11.7. The van der Waals surface area contributed by atoms with Crippen LogP contribution in [0.5, 0.6) is 5.75 Å². The van der Waals surface area contributed by atoms with Gasteiger partial charge >= 0.3 is 12.7 Å². The summed E-state index contributed by atoms with van der Waals surface area (Å²) in [7, 11) is 1.29. The van der Waals surface area contributed by atoms with Crippen molar-refractivity contribution in [1.29, 1.82) is 5.26 Å².